The molecule has 2 saturated heterocycles. The summed E-state index contributed by atoms with van der Waals surface area (Å²) in [5.74, 6) is 0.0973. The molecular formula is C27H38N4O3. The summed E-state index contributed by atoms with van der Waals surface area (Å²) in [4.78, 5) is 24.5. The van der Waals surface area contributed by atoms with Crippen LogP contribution in [0.2, 0.25) is 0 Å². The summed E-state index contributed by atoms with van der Waals surface area (Å²) in [6, 6.07) is 12.2. The number of aromatic nitrogens is 1. The van der Waals surface area contributed by atoms with Crippen LogP contribution in [0.15, 0.2) is 42.6 Å². The highest BCUT2D eigenvalue weighted by molar-refractivity contribution is 5.97. The van der Waals surface area contributed by atoms with Crippen LogP contribution >= 0.6 is 0 Å². The number of hydrogen-bond donors (Lipinski definition) is 2. The normalized spacial score (nSPS) is 22.1. The maximum Gasteiger partial charge on any atom is 0.230 e. The number of anilines is 2. The molecule has 1 aromatic heterocycles. The Kier molecular flexibility index (Phi) is 7.55. The maximum absolute atomic E-state index is 13.3. The van der Waals surface area contributed by atoms with Crippen molar-refractivity contribution in [1.82, 2.24) is 9.88 Å². The molecule has 34 heavy (non-hydrogen) atoms. The number of hydrogen-bond acceptors (Lipinski definition) is 6. The molecule has 3 atom stereocenters. The van der Waals surface area contributed by atoms with E-state index in [2.05, 4.69) is 46.1 Å². The Bertz CT molecular complexity index is 966. The molecule has 7 heteroatoms. The Morgan fingerprint density at radius 1 is 1.12 bits per heavy atom. The van der Waals surface area contributed by atoms with E-state index in [9.17, 15) is 15.0 Å². The minimum Gasteiger partial charge on any atom is -0.395 e. The Morgan fingerprint density at radius 2 is 1.85 bits per heavy atom. The molecule has 2 fully saturated rings. The molecule has 0 bridgehead atoms. The van der Waals surface area contributed by atoms with E-state index in [1.165, 1.54) is 11.3 Å². The molecule has 2 N–H and O–H groups in total. The van der Waals surface area contributed by atoms with Crippen molar-refractivity contribution in [2.24, 2.45) is 5.92 Å². The molecule has 0 aliphatic carbocycles. The third kappa shape index (κ3) is 4.69. The van der Waals surface area contributed by atoms with E-state index in [1.54, 1.807) is 13.1 Å². The van der Waals surface area contributed by atoms with Gasteiger partial charge in [-0.2, -0.15) is 0 Å². The van der Waals surface area contributed by atoms with Gasteiger partial charge in [-0.05, 0) is 57.0 Å². The largest absolute Gasteiger partial charge is 0.395 e. The molecule has 1 amide bonds. The van der Waals surface area contributed by atoms with Gasteiger partial charge in [0.25, 0.3) is 0 Å². The molecule has 7 nitrogen and oxygen atoms in total. The lowest BCUT2D eigenvalue weighted by molar-refractivity contribution is -0.120. The Hall–Kier alpha value is -2.48. The number of para-hydroxylation sites is 1. The lowest BCUT2D eigenvalue weighted by atomic mass is 9.77. The first-order valence-electron chi connectivity index (χ1n) is 12.5. The highest BCUT2D eigenvalue weighted by Crippen LogP contribution is 2.34. The van der Waals surface area contributed by atoms with Crippen LogP contribution in [0.3, 0.4) is 0 Å². The molecule has 4 rings (SSSR count). The Morgan fingerprint density at radius 3 is 2.47 bits per heavy atom. The predicted octanol–water partition coefficient (Wildman–Crippen LogP) is 2.45. The van der Waals surface area contributed by atoms with E-state index in [0.29, 0.717) is 18.7 Å². The molecule has 184 valence electrons. The molecule has 1 aromatic carbocycles. The van der Waals surface area contributed by atoms with E-state index in [0.717, 1.165) is 44.7 Å². The number of amides is 1. The van der Waals surface area contributed by atoms with Gasteiger partial charge >= 0.3 is 0 Å². The summed E-state index contributed by atoms with van der Waals surface area (Å²) >= 11 is 0. The van der Waals surface area contributed by atoms with E-state index in [-0.39, 0.29) is 18.4 Å². The van der Waals surface area contributed by atoms with Crippen molar-refractivity contribution < 1.29 is 15.0 Å². The number of aliphatic hydroxyl groups excluding tert-OH is 2. The molecule has 2 aromatic rings. The van der Waals surface area contributed by atoms with Crippen molar-refractivity contribution in [3.63, 3.8) is 0 Å². The van der Waals surface area contributed by atoms with Gasteiger partial charge in [-0.25, -0.2) is 0 Å². The van der Waals surface area contributed by atoms with Crippen molar-refractivity contribution in [2.45, 2.75) is 44.6 Å². The van der Waals surface area contributed by atoms with Gasteiger partial charge in [0.1, 0.15) is 0 Å². The maximum atomic E-state index is 13.3. The molecule has 2 aliphatic rings. The number of nitrogens with zero attached hydrogens (tertiary/aromatic N) is 4. The fourth-order valence-corrected chi connectivity index (χ4v) is 5.35. The number of likely N-dealkylation sites (N-methyl/N-ethyl adjacent to an activating group) is 1. The van der Waals surface area contributed by atoms with Gasteiger partial charge in [0.05, 0.1) is 35.7 Å². The van der Waals surface area contributed by atoms with Gasteiger partial charge in [0.15, 0.2) is 0 Å². The van der Waals surface area contributed by atoms with E-state index < -0.39 is 11.5 Å². The Labute approximate surface area is 203 Å². The van der Waals surface area contributed by atoms with Gasteiger partial charge in [0.2, 0.25) is 5.91 Å². The number of aliphatic hydroxyl groups is 2. The minimum absolute atomic E-state index is 0.0436. The summed E-state index contributed by atoms with van der Waals surface area (Å²) < 4.78 is 0. The first-order valence-corrected chi connectivity index (χ1v) is 12.5. The molecular weight excluding hydrogens is 428 g/mol. The van der Waals surface area contributed by atoms with Gasteiger partial charge in [-0.1, -0.05) is 25.1 Å². The van der Waals surface area contributed by atoms with Crippen molar-refractivity contribution >= 4 is 17.3 Å². The number of carbonyl (C=O) groups excluding carboxylic acids is 1. The lowest BCUT2D eigenvalue weighted by Crippen LogP contribution is -2.44. The third-order valence-corrected chi connectivity index (χ3v) is 7.90. The van der Waals surface area contributed by atoms with E-state index in [4.69, 9.17) is 0 Å². The molecule has 0 radical (unpaired) electrons. The number of piperazine rings is 1. The van der Waals surface area contributed by atoms with Crippen LogP contribution in [0.1, 0.15) is 37.9 Å². The standard InChI is InChI=1S/C27H38N4O3/c1-4-27(19-32,20(2)33)25-10-9-23(18-28-25)31-12-11-22(26(31)34)17-21-7-5-6-8-24(21)30-15-13-29(3)14-16-30/h5-10,18,20,22,32-33H,4,11-17,19H2,1-3H3/t20?,22-,27?/m0/s1. The van der Waals surface area contributed by atoms with Crippen LogP contribution in [0, 0.1) is 5.92 Å². The number of pyridine rings is 1. The van der Waals surface area contributed by atoms with Gasteiger partial charge in [0, 0.05) is 44.3 Å². The average Bonchev–Trinajstić information content (AvgIpc) is 3.21. The lowest BCUT2D eigenvalue weighted by Gasteiger charge is -2.35. The van der Waals surface area contributed by atoms with Crippen molar-refractivity contribution in [3.05, 3.63) is 53.9 Å². The second-order valence-electron chi connectivity index (χ2n) is 9.84. The highest BCUT2D eigenvalue weighted by Gasteiger charge is 2.37. The summed E-state index contributed by atoms with van der Waals surface area (Å²) in [6.45, 7) is 8.25. The van der Waals surface area contributed by atoms with Gasteiger partial charge < -0.3 is 24.9 Å². The van der Waals surface area contributed by atoms with Crippen LogP contribution in [0.25, 0.3) is 0 Å². The Balaban J connectivity index is 1.47. The van der Waals surface area contributed by atoms with Crippen LogP contribution in [0.4, 0.5) is 11.4 Å². The molecule has 0 saturated carbocycles. The average molecular weight is 467 g/mol. The number of benzene rings is 1. The quantitative estimate of drug-likeness (QED) is 0.622. The summed E-state index contributed by atoms with van der Waals surface area (Å²) in [7, 11) is 2.16. The molecule has 3 heterocycles. The van der Waals surface area contributed by atoms with E-state index >= 15 is 0 Å². The fourth-order valence-electron chi connectivity index (χ4n) is 5.35. The van der Waals surface area contributed by atoms with E-state index in [1.807, 2.05) is 24.0 Å². The molecule has 2 aliphatic heterocycles. The SMILES string of the molecule is CCC(CO)(c1ccc(N2CC[C@@H](Cc3ccccc3N3CCN(C)CC3)C2=O)cn1)C(C)O. The number of carbonyl (C=O) groups is 1. The third-order valence-electron chi connectivity index (χ3n) is 7.90. The van der Waals surface area contributed by atoms with Gasteiger partial charge in [-0.15, -0.1) is 0 Å². The smallest absolute Gasteiger partial charge is 0.230 e. The van der Waals surface area contributed by atoms with Crippen molar-refractivity contribution in [3.8, 4) is 0 Å². The minimum atomic E-state index is -0.789. The molecule has 2 unspecified atom stereocenters. The zero-order chi connectivity index (χ0) is 24.3. The van der Waals surface area contributed by atoms with Crippen LogP contribution in [-0.4, -0.2) is 78.5 Å². The summed E-state index contributed by atoms with van der Waals surface area (Å²) in [5, 5.41) is 20.2. The molecule has 0 spiro atoms. The first-order chi connectivity index (χ1) is 16.4. The van der Waals surface area contributed by atoms with Crippen molar-refractivity contribution in [1.29, 1.82) is 0 Å². The second-order valence-corrected chi connectivity index (χ2v) is 9.84. The monoisotopic (exact) mass is 466 g/mol. The first kappa shape index (κ1) is 24.6. The van der Waals surface area contributed by atoms with Crippen molar-refractivity contribution in [2.75, 3.05) is 56.2 Å². The number of rotatable bonds is 8. The topological polar surface area (TPSA) is 80.1 Å². The second kappa shape index (κ2) is 10.4. The zero-order valence-corrected chi connectivity index (χ0v) is 20.7. The predicted molar refractivity (Wildman–Crippen MR) is 135 cm³/mol. The fraction of sp³-hybridized carbons (Fsp3) is 0.556. The summed E-state index contributed by atoms with van der Waals surface area (Å²) in [6.07, 6.45) is 3.12. The van der Waals surface area contributed by atoms with Gasteiger partial charge in [-0.3, -0.25) is 9.78 Å². The van der Waals surface area contributed by atoms with Crippen LogP contribution in [0.5, 0.6) is 0 Å². The highest BCUT2D eigenvalue weighted by atomic mass is 16.3. The zero-order valence-electron chi connectivity index (χ0n) is 20.7. The summed E-state index contributed by atoms with van der Waals surface area (Å²) in [5.41, 5.74) is 3.14. The van der Waals surface area contributed by atoms with Crippen LogP contribution in [-0.2, 0) is 16.6 Å². The van der Waals surface area contributed by atoms with Crippen LogP contribution < -0.4 is 9.80 Å².